The van der Waals surface area contributed by atoms with E-state index in [1.807, 2.05) is 60.7 Å². The standard InChI is InChI=1S/C21H21N3O3S/c1-21(2,3)27-20(26)24-23-18(25)17-16(14-10-6-4-7-11-14)22-19(28-17)15-12-8-5-9-13-15/h4-13H,1-3H3,(H,23,25)(H,24,26). The molecule has 0 fully saturated rings. The van der Waals surface area contributed by atoms with Gasteiger partial charge in [0, 0.05) is 11.1 Å². The van der Waals surface area contributed by atoms with Gasteiger partial charge < -0.3 is 4.74 Å². The van der Waals surface area contributed by atoms with E-state index in [1.54, 1.807) is 20.8 Å². The minimum Gasteiger partial charge on any atom is -0.443 e. The summed E-state index contributed by atoms with van der Waals surface area (Å²) in [6.07, 6.45) is -0.727. The van der Waals surface area contributed by atoms with Crippen LogP contribution in [0.3, 0.4) is 0 Å². The van der Waals surface area contributed by atoms with Crippen molar-refractivity contribution in [2.75, 3.05) is 0 Å². The molecule has 6 nitrogen and oxygen atoms in total. The van der Waals surface area contributed by atoms with E-state index in [0.29, 0.717) is 10.6 Å². The number of rotatable bonds is 3. The highest BCUT2D eigenvalue weighted by Crippen LogP contribution is 2.33. The van der Waals surface area contributed by atoms with E-state index < -0.39 is 17.6 Å². The SMILES string of the molecule is CC(C)(C)OC(=O)NNC(=O)c1sc(-c2ccccc2)nc1-c1ccccc1. The van der Waals surface area contributed by atoms with Gasteiger partial charge in [0.25, 0.3) is 5.91 Å². The summed E-state index contributed by atoms with van der Waals surface area (Å²) in [5.41, 5.74) is 6.33. The Kier molecular flexibility index (Phi) is 5.75. The molecule has 7 heteroatoms. The van der Waals surface area contributed by atoms with Gasteiger partial charge in [0.2, 0.25) is 0 Å². The van der Waals surface area contributed by atoms with Crippen molar-refractivity contribution in [2.24, 2.45) is 0 Å². The Hall–Kier alpha value is -3.19. The smallest absolute Gasteiger partial charge is 0.426 e. The molecule has 28 heavy (non-hydrogen) atoms. The molecule has 0 saturated heterocycles. The fraction of sp³-hybridized carbons (Fsp3) is 0.190. The zero-order valence-electron chi connectivity index (χ0n) is 15.9. The number of carbonyl (C=O) groups is 2. The number of nitrogens with zero attached hydrogens (tertiary/aromatic N) is 1. The number of hydrogen-bond acceptors (Lipinski definition) is 5. The van der Waals surface area contributed by atoms with Crippen molar-refractivity contribution in [2.45, 2.75) is 26.4 Å². The fourth-order valence-electron chi connectivity index (χ4n) is 2.44. The Morgan fingerprint density at radius 1 is 0.893 bits per heavy atom. The Balaban J connectivity index is 1.87. The molecule has 0 aliphatic heterocycles. The van der Waals surface area contributed by atoms with Crippen molar-refractivity contribution in [3.05, 3.63) is 65.5 Å². The summed E-state index contributed by atoms with van der Waals surface area (Å²) >= 11 is 1.27. The third-order valence-electron chi connectivity index (χ3n) is 3.58. The molecule has 0 spiro atoms. The second kappa shape index (κ2) is 8.22. The second-order valence-corrected chi connectivity index (χ2v) is 8.01. The first-order valence-corrected chi connectivity index (χ1v) is 9.56. The summed E-state index contributed by atoms with van der Waals surface area (Å²) in [6.45, 7) is 5.24. The van der Waals surface area contributed by atoms with Crippen molar-refractivity contribution >= 4 is 23.3 Å². The van der Waals surface area contributed by atoms with Crippen molar-refractivity contribution < 1.29 is 14.3 Å². The molecule has 0 saturated carbocycles. The first-order valence-electron chi connectivity index (χ1n) is 8.74. The van der Waals surface area contributed by atoms with Crippen LogP contribution in [0.25, 0.3) is 21.8 Å². The Labute approximate surface area is 167 Å². The largest absolute Gasteiger partial charge is 0.443 e. The average molecular weight is 395 g/mol. The van der Waals surface area contributed by atoms with Crippen LogP contribution in [0.1, 0.15) is 30.4 Å². The summed E-state index contributed by atoms with van der Waals surface area (Å²) < 4.78 is 5.14. The predicted octanol–water partition coefficient (Wildman–Crippen LogP) is 4.65. The number of nitrogens with one attached hydrogen (secondary N) is 2. The number of hydrogen-bond donors (Lipinski definition) is 2. The molecule has 0 atom stereocenters. The number of carbonyl (C=O) groups excluding carboxylic acids is 2. The van der Waals surface area contributed by atoms with Crippen LogP contribution >= 0.6 is 11.3 Å². The highest BCUT2D eigenvalue weighted by atomic mass is 32.1. The molecule has 0 aliphatic carbocycles. The molecule has 3 aromatic rings. The fourth-order valence-corrected chi connectivity index (χ4v) is 3.43. The van der Waals surface area contributed by atoms with Gasteiger partial charge in [-0.05, 0) is 20.8 Å². The highest BCUT2D eigenvalue weighted by Gasteiger charge is 2.22. The summed E-state index contributed by atoms with van der Waals surface area (Å²) in [7, 11) is 0. The average Bonchev–Trinajstić information content (AvgIpc) is 3.12. The molecule has 0 unspecified atom stereocenters. The molecule has 0 bridgehead atoms. The molecule has 144 valence electrons. The Bertz CT molecular complexity index is 964. The lowest BCUT2D eigenvalue weighted by Gasteiger charge is -2.19. The van der Waals surface area contributed by atoms with Gasteiger partial charge in [-0.15, -0.1) is 11.3 Å². The van der Waals surface area contributed by atoms with E-state index in [0.717, 1.165) is 16.1 Å². The number of hydrazine groups is 1. The zero-order chi connectivity index (χ0) is 20.1. The molecular formula is C21H21N3O3S. The first-order chi connectivity index (χ1) is 13.3. The van der Waals surface area contributed by atoms with Crippen LogP contribution in [0.5, 0.6) is 0 Å². The van der Waals surface area contributed by atoms with Crippen LogP contribution in [-0.4, -0.2) is 22.6 Å². The third-order valence-corrected chi connectivity index (χ3v) is 4.68. The van der Waals surface area contributed by atoms with E-state index >= 15 is 0 Å². The normalized spacial score (nSPS) is 11.0. The van der Waals surface area contributed by atoms with Gasteiger partial charge in [-0.2, -0.15) is 0 Å². The molecule has 2 N–H and O–H groups in total. The minimum atomic E-state index is -0.727. The van der Waals surface area contributed by atoms with Gasteiger partial charge in [0.15, 0.2) is 0 Å². The zero-order valence-corrected chi connectivity index (χ0v) is 16.7. The van der Waals surface area contributed by atoms with Crippen molar-refractivity contribution in [1.82, 2.24) is 15.8 Å². The van der Waals surface area contributed by atoms with Crippen LogP contribution in [0.2, 0.25) is 0 Å². The van der Waals surface area contributed by atoms with E-state index in [1.165, 1.54) is 11.3 Å². The maximum Gasteiger partial charge on any atom is 0.426 e. The van der Waals surface area contributed by atoms with Gasteiger partial charge in [-0.25, -0.2) is 15.2 Å². The second-order valence-electron chi connectivity index (χ2n) is 7.01. The van der Waals surface area contributed by atoms with Gasteiger partial charge in [0.05, 0.1) is 5.69 Å². The highest BCUT2D eigenvalue weighted by molar-refractivity contribution is 7.17. The number of amides is 2. The van der Waals surface area contributed by atoms with Crippen LogP contribution in [0.4, 0.5) is 4.79 Å². The summed E-state index contributed by atoms with van der Waals surface area (Å²) in [6, 6.07) is 19.1. The number of aromatic nitrogens is 1. The van der Waals surface area contributed by atoms with Gasteiger partial charge in [-0.1, -0.05) is 60.7 Å². The summed E-state index contributed by atoms with van der Waals surface area (Å²) in [5.74, 6) is -0.454. The number of thiazole rings is 1. The predicted molar refractivity (Wildman–Crippen MR) is 110 cm³/mol. The lowest BCUT2D eigenvalue weighted by atomic mass is 10.1. The topological polar surface area (TPSA) is 80.3 Å². The van der Waals surface area contributed by atoms with E-state index in [9.17, 15) is 9.59 Å². The first kappa shape index (κ1) is 19.6. The van der Waals surface area contributed by atoms with E-state index in [2.05, 4.69) is 15.8 Å². The monoisotopic (exact) mass is 395 g/mol. The quantitative estimate of drug-likeness (QED) is 0.633. The summed E-state index contributed by atoms with van der Waals surface area (Å²) in [4.78, 5) is 29.6. The number of benzene rings is 2. The molecular weight excluding hydrogens is 374 g/mol. The van der Waals surface area contributed by atoms with Gasteiger partial charge >= 0.3 is 6.09 Å². The molecule has 2 amide bonds. The molecule has 3 rings (SSSR count). The van der Waals surface area contributed by atoms with Crippen molar-refractivity contribution in [3.8, 4) is 21.8 Å². The van der Waals surface area contributed by atoms with Crippen LogP contribution in [0, 0.1) is 0 Å². The molecule has 0 radical (unpaired) electrons. The maximum absolute atomic E-state index is 12.7. The molecule has 1 heterocycles. The van der Waals surface area contributed by atoms with Crippen LogP contribution in [0.15, 0.2) is 60.7 Å². The van der Waals surface area contributed by atoms with E-state index in [-0.39, 0.29) is 0 Å². The Morgan fingerprint density at radius 3 is 2.04 bits per heavy atom. The molecule has 1 aromatic heterocycles. The van der Waals surface area contributed by atoms with Crippen molar-refractivity contribution in [1.29, 1.82) is 0 Å². The third kappa shape index (κ3) is 4.95. The van der Waals surface area contributed by atoms with E-state index in [4.69, 9.17) is 4.74 Å². The molecule has 0 aliphatic rings. The van der Waals surface area contributed by atoms with Gasteiger partial charge in [0.1, 0.15) is 15.5 Å². The van der Waals surface area contributed by atoms with Gasteiger partial charge in [-0.3, -0.25) is 10.2 Å². The van der Waals surface area contributed by atoms with Crippen LogP contribution < -0.4 is 10.9 Å². The lowest BCUT2D eigenvalue weighted by Crippen LogP contribution is -2.44. The minimum absolute atomic E-state index is 0.404. The Morgan fingerprint density at radius 2 is 1.46 bits per heavy atom. The van der Waals surface area contributed by atoms with Crippen LogP contribution in [-0.2, 0) is 4.74 Å². The van der Waals surface area contributed by atoms with Crippen molar-refractivity contribution in [3.63, 3.8) is 0 Å². The molecule has 2 aromatic carbocycles. The lowest BCUT2D eigenvalue weighted by molar-refractivity contribution is 0.0484. The maximum atomic E-state index is 12.7. The summed E-state index contributed by atoms with van der Waals surface area (Å²) in [5, 5.41) is 0.724. The number of ether oxygens (including phenoxy) is 1.